The summed E-state index contributed by atoms with van der Waals surface area (Å²) in [5, 5.41) is 7.31. The number of aryl methyl sites for hydroxylation is 1. The number of amidine groups is 1. The number of hydrogen-bond donors (Lipinski definition) is 2. The lowest BCUT2D eigenvalue weighted by atomic mass is 10.1. The first kappa shape index (κ1) is 21.9. The Morgan fingerprint density at radius 3 is 2.61 bits per heavy atom. The topological polar surface area (TPSA) is 118 Å². The highest BCUT2D eigenvalue weighted by atomic mass is 16.2. The molecular formula is C24H25N7O2. The molecule has 2 amide bonds. The summed E-state index contributed by atoms with van der Waals surface area (Å²) in [6.45, 7) is 0.903. The zero-order valence-electron chi connectivity index (χ0n) is 18.3. The fourth-order valence-electron chi connectivity index (χ4n) is 3.57. The third-order valence-corrected chi connectivity index (χ3v) is 5.36. The second-order valence-electron chi connectivity index (χ2n) is 7.65. The number of carbonyl (C=O) groups excluding carboxylic acids is 2. The fraction of sp³-hybridized carbons (Fsp3) is 0.208. The molecule has 0 spiro atoms. The number of carbonyl (C=O) groups is 2. The molecule has 33 heavy (non-hydrogen) atoms. The number of aliphatic imine (C=N–C) groups is 2. The van der Waals surface area contributed by atoms with Gasteiger partial charge in [-0.15, -0.1) is 0 Å². The Bertz CT molecular complexity index is 1190. The molecule has 0 saturated carbocycles. The van der Waals surface area contributed by atoms with Crippen molar-refractivity contribution in [3.05, 3.63) is 72.3 Å². The molecule has 3 aromatic rings. The van der Waals surface area contributed by atoms with E-state index in [-0.39, 0.29) is 11.7 Å². The van der Waals surface area contributed by atoms with Gasteiger partial charge in [-0.2, -0.15) is 5.10 Å². The molecule has 1 atom stereocenters. The van der Waals surface area contributed by atoms with Crippen LogP contribution in [0.3, 0.4) is 0 Å². The van der Waals surface area contributed by atoms with Gasteiger partial charge in [-0.1, -0.05) is 60.7 Å². The van der Waals surface area contributed by atoms with Gasteiger partial charge in [-0.25, -0.2) is 9.67 Å². The summed E-state index contributed by atoms with van der Waals surface area (Å²) in [6, 6.07) is 20.6. The number of rotatable bonds is 5. The molecule has 0 fully saturated rings. The summed E-state index contributed by atoms with van der Waals surface area (Å²) >= 11 is 0. The quantitative estimate of drug-likeness (QED) is 0.463. The molecule has 2 aromatic carbocycles. The van der Waals surface area contributed by atoms with Gasteiger partial charge in [0, 0.05) is 25.2 Å². The number of nitrogens with zero attached hydrogens (tertiary/aromatic N) is 5. The number of fused-ring (bicyclic) bond motifs is 1. The Hall–Kier alpha value is -4.27. The zero-order valence-corrected chi connectivity index (χ0v) is 18.3. The largest absolute Gasteiger partial charge is 0.379 e. The van der Waals surface area contributed by atoms with Crippen LogP contribution in [0.4, 0.5) is 5.82 Å². The van der Waals surface area contributed by atoms with Crippen LogP contribution in [0.25, 0.3) is 11.3 Å². The normalized spacial score (nSPS) is 16.5. The lowest BCUT2D eigenvalue weighted by Gasteiger charge is -2.20. The van der Waals surface area contributed by atoms with Crippen molar-refractivity contribution in [2.45, 2.75) is 25.6 Å². The Labute approximate surface area is 191 Å². The highest BCUT2D eigenvalue weighted by Crippen LogP contribution is 2.26. The minimum atomic E-state index is -0.737. The van der Waals surface area contributed by atoms with Gasteiger partial charge >= 0.3 is 0 Å². The molecule has 3 N–H and O–H groups in total. The van der Waals surface area contributed by atoms with Crippen molar-refractivity contribution < 1.29 is 9.59 Å². The molecule has 1 aliphatic heterocycles. The van der Waals surface area contributed by atoms with Crippen molar-refractivity contribution in [3.8, 4) is 11.3 Å². The highest BCUT2D eigenvalue weighted by molar-refractivity contribution is 6.38. The van der Waals surface area contributed by atoms with Crippen molar-refractivity contribution in [2.75, 3.05) is 11.9 Å². The van der Waals surface area contributed by atoms with Gasteiger partial charge in [-0.05, 0) is 12.0 Å². The van der Waals surface area contributed by atoms with Gasteiger partial charge < -0.3 is 11.1 Å². The lowest BCUT2D eigenvalue weighted by molar-refractivity contribution is -0.124. The molecule has 1 aliphatic rings. The van der Waals surface area contributed by atoms with Crippen molar-refractivity contribution in [2.24, 2.45) is 15.7 Å². The summed E-state index contributed by atoms with van der Waals surface area (Å²) < 4.78 is 1.78. The van der Waals surface area contributed by atoms with Crippen LogP contribution in [-0.2, 0) is 22.7 Å². The first-order valence-corrected chi connectivity index (χ1v) is 10.6. The van der Waals surface area contributed by atoms with E-state index >= 15 is 0 Å². The number of likely N-dealkylation sites (N-methyl/N-ethyl adjacent to an activating group) is 1. The maximum atomic E-state index is 13.0. The van der Waals surface area contributed by atoms with Crippen molar-refractivity contribution in [1.82, 2.24) is 15.1 Å². The van der Waals surface area contributed by atoms with Crippen LogP contribution in [0.2, 0.25) is 0 Å². The molecular weight excluding hydrogens is 418 g/mol. The second kappa shape index (κ2) is 9.90. The van der Waals surface area contributed by atoms with Crippen LogP contribution < -0.4 is 16.0 Å². The number of amides is 2. The molecule has 0 bridgehead atoms. The van der Waals surface area contributed by atoms with E-state index in [2.05, 4.69) is 20.4 Å². The van der Waals surface area contributed by atoms with Crippen LogP contribution in [0, 0.1) is 0 Å². The SMILES string of the molecule is CN1C(=O)C(NC(=O)C(N)=NC=NCc2ccccc2)CCn2nc(-c3ccccc3)cc21. The van der Waals surface area contributed by atoms with E-state index in [1.165, 1.54) is 11.2 Å². The van der Waals surface area contributed by atoms with E-state index in [1.54, 1.807) is 11.7 Å². The van der Waals surface area contributed by atoms with E-state index in [1.807, 2.05) is 66.7 Å². The highest BCUT2D eigenvalue weighted by Gasteiger charge is 2.31. The van der Waals surface area contributed by atoms with E-state index in [9.17, 15) is 9.59 Å². The van der Waals surface area contributed by atoms with E-state index in [4.69, 9.17) is 5.73 Å². The Morgan fingerprint density at radius 1 is 1.18 bits per heavy atom. The van der Waals surface area contributed by atoms with Crippen LogP contribution in [0.15, 0.2) is 76.7 Å². The predicted molar refractivity (Wildman–Crippen MR) is 128 cm³/mol. The summed E-state index contributed by atoms with van der Waals surface area (Å²) in [4.78, 5) is 35.0. The number of benzene rings is 2. The predicted octanol–water partition coefficient (Wildman–Crippen LogP) is 1.99. The third kappa shape index (κ3) is 5.15. The first-order valence-electron chi connectivity index (χ1n) is 10.6. The summed E-state index contributed by atoms with van der Waals surface area (Å²) in [5.41, 5.74) is 8.57. The average molecular weight is 444 g/mol. The van der Waals surface area contributed by atoms with Crippen LogP contribution in [-0.4, -0.2) is 46.9 Å². The molecule has 0 aliphatic carbocycles. The average Bonchev–Trinajstić information content (AvgIpc) is 3.24. The van der Waals surface area contributed by atoms with Crippen LogP contribution in [0.5, 0.6) is 0 Å². The molecule has 9 heteroatoms. The number of aromatic nitrogens is 2. The maximum absolute atomic E-state index is 13.0. The lowest BCUT2D eigenvalue weighted by Crippen LogP contribution is -2.50. The van der Waals surface area contributed by atoms with Gasteiger partial charge in [-0.3, -0.25) is 19.5 Å². The number of nitrogens with one attached hydrogen (secondary N) is 1. The Morgan fingerprint density at radius 2 is 1.88 bits per heavy atom. The van der Waals surface area contributed by atoms with Crippen LogP contribution in [0.1, 0.15) is 12.0 Å². The van der Waals surface area contributed by atoms with E-state index < -0.39 is 11.9 Å². The molecule has 168 valence electrons. The number of anilines is 1. The molecule has 0 saturated heterocycles. The van der Waals surface area contributed by atoms with Crippen molar-refractivity contribution >= 4 is 29.8 Å². The Kier molecular flexibility index (Phi) is 6.58. The summed E-state index contributed by atoms with van der Waals surface area (Å²) in [6.07, 6.45) is 1.64. The van der Waals surface area contributed by atoms with Gasteiger partial charge in [0.1, 0.15) is 18.2 Å². The summed E-state index contributed by atoms with van der Waals surface area (Å²) in [7, 11) is 1.67. The standard InChI is InChI=1S/C24H25N7O2/c1-30-21-14-20(18-10-6-3-7-11-18)29-31(21)13-12-19(24(30)33)28-23(32)22(25)27-16-26-15-17-8-4-2-5-9-17/h2-11,14,16,19H,12-13,15H2,1H3,(H,28,32)(H2,25,26,27). The molecule has 2 heterocycles. The van der Waals surface area contributed by atoms with Gasteiger partial charge in [0.15, 0.2) is 5.84 Å². The zero-order chi connectivity index (χ0) is 23.2. The third-order valence-electron chi connectivity index (χ3n) is 5.36. The maximum Gasteiger partial charge on any atom is 0.287 e. The molecule has 1 unspecified atom stereocenters. The first-order chi connectivity index (χ1) is 16.0. The van der Waals surface area contributed by atoms with Crippen LogP contribution >= 0.6 is 0 Å². The molecule has 1 aromatic heterocycles. The smallest absolute Gasteiger partial charge is 0.287 e. The van der Waals surface area contributed by atoms with Gasteiger partial charge in [0.05, 0.1) is 12.2 Å². The monoisotopic (exact) mass is 443 g/mol. The number of nitrogens with two attached hydrogens (primary N) is 1. The minimum absolute atomic E-state index is 0.243. The minimum Gasteiger partial charge on any atom is -0.379 e. The van der Waals surface area contributed by atoms with Gasteiger partial charge in [0.25, 0.3) is 11.8 Å². The Balaban J connectivity index is 1.39. The molecule has 9 nitrogen and oxygen atoms in total. The number of hydrogen-bond acceptors (Lipinski definition) is 4. The summed E-state index contributed by atoms with van der Waals surface area (Å²) in [5.74, 6) is -0.439. The van der Waals surface area contributed by atoms with E-state index in [0.717, 1.165) is 16.8 Å². The molecule has 0 radical (unpaired) electrons. The fourth-order valence-corrected chi connectivity index (χ4v) is 3.57. The van der Waals surface area contributed by atoms with Gasteiger partial charge in [0.2, 0.25) is 0 Å². The van der Waals surface area contributed by atoms with E-state index in [0.29, 0.717) is 25.3 Å². The van der Waals surface area contributed by atoms with Crippen molar-refractivity contribution in [3.63, 3.8) is 0 Å². The van der Waals surface area contributed by atoms with Crippen molar-refractivity contribution in [1.29, 1.82) is 0 Å². The second-order valence-corrected chi connectivity index (χ2v) is 7.65. The molecule has 4 rings (SSSR count).